The maximum absolute atomic E-state index is 10.7. The van der Waals surface area contributed by atoms with E-state index < -0.39 is 0 Å². The summed E-state index contributed by atoms with van der Waals surface area (Å²) < 4.78 is 0. The van der Waals surface area contributed by atoms with Gasteiger partial charge in [0.1, 0.15) is 0 Å². The highest BCUT2D eigenvalue weighted by molar-refractivity contribution is 6.01. The van der Waals surface area contributed by atoms with Gasteiger partial charge in [-0.25, -0.2) is 0 Å². The maximum Gasteiger partial charge on any atom is 0.373 e. The Morgan fingerprint density at radius 3 is 1.75 bits per heavy atom. The summed E-state index contributed by atoms with van der Waals surface area (Å²) in [5.41, 5.74) is 0. The molecule has 0 aliphatic carbocycles. The number of rotatable bonds is 1. The van der Waals surface area contributed by atoms with Crippen molar-refractivity contribution in [2.24, 2.45) is 0 Å². The molecule has 1 heterocycles. The molecule has 1 rings (SSSR count). The van der Waals surface area contributed by atoms with E-state index >= 15 is 0 Å². The third-order valence-electron chi connectivity index (χ3n) is 1.47. The normalized spacial score (nSPS) is 15.2. The summed E-state index contributed by atoms with van der Waals surface area (Å²) in [5.74, 6) is -0.0509. The summed E-state index contributed by atoms with van der Waals surface area (Å²) in [5, 5.41) is 0. The van der Waals surface area contributed by atoms with E-state index in [9.17, 15) is 9.59 Å². The SMILES string of the molecule is CCN1C(=O)CCC1=O.O=C=O. The van der Waals surface area contributed by atoms with E-state index in [4.69, 9.17) is 9.59 Å². The summed E-state index contributed by atoms with van der Waals surface area (Å²) in [4.78, 5) is 39.0. The molecule has 2 amide bonds. The van der Waals surface area contributed by atoms with E-state index in [-0.39, 0.29) is 18.0 Å². The first kappa shape index (κ1) is 10.5. The number of amides is 2. The zero-order valence-corrected chi connectivity index (χ0v) is 6.70. The average Bonchev–Trinajstić information content (AvgIpc) is 2.33. The number of hydrogen-bond donors (Lipinski definition) is 0. The lowest BCUT2D eigenvalue weighted by atomic mass is 10.4. The van der Waals surface area contributed by atoms with Gasteiger partial charge in [-0.15, -0.1) is 0 Å². The molecule has 0 saturated carbocycles. The first-order valence-corrected chi connectivity index (χ1v) is 3.49. The van der Waals surface area contributed by atoms with Crippen molar-refractivity contribution in [3.8, 4) is 0 Å². The molecule has 0 aromatic carbocycles. The minimum atomic E-state index is -0.0255. The van der Waals surface area contributed by atoms with Gasteiger partial charge in [-0.1, -0.05) is 0 Å². The van der Waals surface area contributed by atoms with E-state index in [0.29, 0.717) is 19.4 Å². The Bertz CT molecular complexity index is 201. The van der Waals surface area contributed by atoms with Crippen LogP contribution in [0.5, 0.6) is 0 Å². The first-order chi connectivity index (χ1) is 5.67. The largest absolute Gasteiger partial charge is 0.373 e. The monoisotopic (exact) mass is 171 g/mol. The van der Waals surface area contributed by atoms with Crippen LogP contribution in [0.3, 0.4) is 0 Å². The van der Waals surface area contributed by atoms with Crippen molar-refractivity contribution in [1.29, 1.82) is 0 Å². The lowest BCUT2D eigenvalue weighted by Crippen LogP contribution is -2.28. The molecule has 0 atom stereocenters. The molecule has 1 saturated heterocycles. The molecule has 5 nitrogen and oxygen atoms in total. The van der Waals surface area contributed by atoms with Gasteiger partial charge in [0.25, 0.3) is 0 Å². The van der Waals surface area contributed by atoms with E-state index in [2.05, 4.69) is 0 Å². The van der Waals surface area contributed by atoms with Crippen molar-refractivity contribution in [3.63, 3.8) is 0 Å². The van der Waals surface area contributed by atoms with E-state index in [0.717, 1.165) is 0 Å². The van der Waals surface area contributed by atoms with Gasteiger partial charge in [0.2, 0.25) is 11.8 Å². The summed E-state index contributed by atoms with van der Waals surface area (Å²) in [6.07, 6.45) is 1.07. The van der Waals surface area contributed by atoms with E-state index in [1.807, 2.05) is 0 Å². The van der Waals surface area contributed by atoms with Gasteiger partial charge in [-0.2, -0.15) is 9.59 Å². The molecule has 66 valence electrons. The zero-order chi connectivity index (χ0) is 9.56. The number of hydrogen-bond acceptors (Lipinski definition) is 4. The Balaban J connectivity index is 0.000000354. The summed E-state index contributed by atoms with van der Waals surface area (Å²) >= 11 is 0. The highest BCUT2D eigenvalue weighted by Crippen LogP contribution is 2.09. The molecule has 0 aromatic rings. The van der Waals surface area contributed by atoms with Crippen LogP contribution in [0.1, 0.15) is 19.8 Å². The third-order valence-corrected chi connectivity index (χ3v) is 1.47. The molecule has 0 aromatic heterocycles. The van der Waals surface area contributed by atoms with Crippen molar-refractivity contribution >= 4 is 18.0 Å². The summed E-state index contributed by atoms with van der Waals surface area (Å²) in [6, 6.07) is 0. The van der Waals surface area contributed by atoms with E-state index in [1.54, 1.807) is 6.92 Å². The fraction of sp³-hybridized carbons (Fsp3) is 0.571. The minimum absolute atomic E-state index is 0.0255. The molecule has 1 fully saturated rings. The standard InChI is InChI=1S/C6H9NO2.CO2/c1-2-7-5(8)3-4-6(7)9;2-1-3/h2-4H2,1H3;. The fourth-order valence-electron chi connectivity index (χ4n) is 0.976. The summed E-state index contributed by atoms with van der Waals surface area (Å²) in [7, 11) is 0. The smallest absolute Gasteiger partial charge is 0.283 e. The number of carbonyl (C=O) groups excluding carboxylic acids is 4. The molecule has 0 unspecified atom stereocenters. The van der Waals surface area contributed by atoms with E-state index in [1.165, 1.54) is 4.90 Å². The van der Waals surface area contributed by atoms with Crippen LogP contribution in [0, 0.1) is 0 Å². The van der Waals surface area contributed by atoms with Crippen LogP contribution in [0.2, 0.25) is 0 Å². The van der Waals surface area contributed by atoms with Crippen molar-refractivity contribution in [1.82, 2.24) is 4.90 Å². The lowest BCUT2D eigenvalue weighted by molar-refractivity contribution is -0.191. The second-order valence-corrected chi connectivity index (χ2v) is 2.12. The highest BCUT2D eigenvalue weighted by Gasteiger charge is 2.26. The third kappa shape index (κ3) is 2.64. The molecule has 12 heavy (non-hydrogen) atoms. The van der Waals surface area contributed by atoms with Crippen LogP contribution in [-0.2, 0) is 19.2 Å². The molecular formula is C7H9NO4. The number of imide groups is 1. The Labute approximate surface area is 69.3 Å². The quantitative estimate of drug-likeness (QED) is 0.502. The molecule has 1 aliphatic heterocycles. The van der Waals surface area contributed by atoms with Crippen molar-refractivity contribution < 1.29 is 19.2 Å². The van der Waals surface area contributed by atoms with Crippen LogP contribution in [-0.4, -0.2) is 29.4 Å². The number of carbonyl (C=O) groups is 2. The van der Waals surface area contributed by atoms with Gasteiger partial charge >= 0.3 is 6.15 Å². The number of likely N-dealkylation sites (tertiary alicyclic amines) is 1. The van der Waals surface area contributed by atoms with Crippen LogP contribution in [0.4, 0.5) is 0 Å². The van der Waals surface area contributed by atoms with Gasteiger partial charge in [-0.05, 0) is 6.92 Å². The highest BCUT2D eigenvalue weighted by atomic mass is 16.2. The van der Waals surface area contributed by atoms with Gasteiger partial charge in [0.05, 0.1) is 0 Å². The van der Waals surface area contributed by atoms with Crippen LogP contribution in [0.25, 0.3) is 0 Å². The van der Waals surface area contributed by atoms with Crippen LogP contribution in [0.15, 0.2) is 0 Å². The van der Waals surface area contributed by atoms with Crippen LogP contribution >= 0.6 is 0 Å². The molecule has 0 radical (unpaired) electrons. The van der Waals surface area contributed by atoms with Gasteiger partial charge in [0, 0.05) is 19.4 Å². The molecular weight excluding hydrogens is 162 g/mol. The Morgan fingerprint density at radius 1 is 1.25 bits per heavy atom. The van der Waals surface area contributed by atoms with Crippen LogP contribution < -0.4 is 0 Å². The summed E-state index contributed by atoms with van der Waals surface area (Å²) in [6.45, 7) is 2.33. The average molecular weight is 171 g/mol. The molecule has 0 bridgehead atoms. The maximum atomic E-state index is 10.7. The predicted molar refractivity (Wildman–Crippen MR) is 36.6 cm³/mol. The fourth-order valence-corrected chi connectivity index (χ4v) is 0.976. The van der Waals surface area contributed by atoms with Crippen molar-refractivity contribution in [2.75, 3.05) is 6.54 Å². The lowest BCUT2D eigenvalue weighted by Gasteiger charge is -2.08. The van der Waals surface area contributed by atoms with Crippen molar-refractivity contribution in [2.45, 2.75) is 19.8 Å². The number of nitrogens with zero attached hydrogens (tertiary/aromatic N) is 1. The second kappa shape index (κ2) is 5.21. The molecule has 0 spiro atoms. The molecule has 5 heteroatoms. The predicted octanol–water partition coefficient (Wildman–Crippen LogP) is -0.428. The first-order valence-electron chi connectivity index (χ1n) is 3.49. The molecule has 1 aliphatic rings. The Morgan fingerprint density at radius 2 is 1.58 bits per heavy atom. The Hall–Kier alpha value is -1.48. The van der Waals surface area contributed by atoms with Gasteiger partial charge < -0.3 is 0 Å². The second-order valence-electron chi connectivity index (χ2n) is 2.12. The van der Waals surface area contributed by atoms with Crippen molar-refractivity contribution in [3.05, 3.63) is 0 Å². The topological polar surface area (TPSA) is 71.5 Å². The minimum Gasteiger partial charge on any atom is -0.283 e. The Kier molecular flexibility index (Phi) is 4.57. The van der Waals surface area contributed by atoms with Gasteiger partial charge in [0.15, 0.2) is 0 Å². The zero-order valence-electron chi connectivity index (χ0n) is 6.70. The van der Waals surface area contributed by atoms with Gasteiger partial charge in [-0.3, -0.25) is 14.5 Å². The molecule has 0 N–H and O–H groups in total.